The molecule has 0 amide bonds. The smallest absolute Gasteiger partial charge is 0.138 e. The second-order valence-electron chi connectivity index (χ2n) is 9.36. The third kappa shape index (κ3) is 5.35. The molecule has 5 heteroatoms. The van der Waals surface area contributed by atoms with Crippen LogP contribution in [0.5, 0.6) is 5.75 Å². The van der Waals surface area contributed by atoms with E-state index in [0.717, 1.165) is 57.4 Å². The van der Waals surface area contributed by atoms with Gasteiger partial charge in [0.1, 0.15) is 5.75 Å². The van der Waals surface area contributed by atoms with Crippen molar-refractivity contribution in [2.24, 2.45) is 0 Å². The van der Waals surface area contributed by atoms with E-state index in [2.05, 4.69) is 42.6 Å². The van der Waals surface area contributed by atoms with Gasteiger partial charge in [0.25, 0.3) is 0 Å². The average molecular weight is 487 g/mol. The molecule has 1 fully saturated rings. The summed E-state index contributed by atoms with van der Waals surface area (Å²) >= 11 is 6.73. The van der Waals surface area contributed by atoms with Gasteiger partial charge in [-0.25, -0.2) is 0 Å². The van der Waals surface area contributed by atoms with Gasteiger partial charge in [-0.05, 0) is 67.6 Å². The molecule has 0 radical (unpaired) electrons. The normalized spacial score (nSPS) is 15.9. The van der Waals surface area contributed by atoms with Crippen molar-refractivity contribution in [3.05, 3.63) is 83.0 Å². The molecule has 180 valence electrons. The Balaban J connectivity index is 1.60. The topological polar surface area (TPSA) is 54.4 Å². The average Bonchev–Trinajstić information content (AvgIpc) is 2.89. The molecule has 1 aromatic heterocycles. The fourth-order valence-corrected chi connectivity index (χ4v) is 5.16. The van der Waals surface area contributed by atoms with Gasteiger partial charge in [-0.15, -0.1) is 0 Å². The second kappa shape index (κ2) is 10.8. The van der Waals surface area contributed by atoms with Gasteiger partial charge in [-0.1, -0.05) is 66.0 Å². The molecule has 0 bridgehead atoms. The van der Waals surface area contributed by atoms with Crippen molar-refractivity contribution in [2.75, 3.05) is 13.2 Å². The Kier molecular flexibility index (Phi) is 7.33. The van der Waals surface area contributed by atoms with Crippen molar-refractivity contribution in [3.63, 3.8) is 0 Å². The predicted octanol–water partition coefficient (Wildman–Crippen LogP) is 6.93. The minimum absolute atomic E-state index is 0.00843. The van der Waals surface area contributed by atoms with E-state index in [-0.39, 0.29) is 6.61 Å². The van der Waals surface area contributed by atoms with Crippen molar-refractivity contribution in [2.45, 2.75) is 45.3 Å². The van der Waals surface area contributed by atoms with Crippen LogP contribution in [0, 0.1) is 6.92 Å². The van der Waals surface area contributed by atoms with E-state index in [4.69, 9.17) is 21.3 Å². The molecule has 1 saturated heterocycles. The van der Waals surface area contributed by atoms with Crippen molar-refractivity contribution in [1.82, 2.24) is 10.3 Å². The van der Waals surface area contributed by atoms with E-state index in [1.165, 1.54) is 24.8 Å². The first kappa shape index (κ1) is 23.8. The van der Waals surface area contributed by atoms with Crippen LogP contribution < -0.4 is 10.1 Å². The molecule has 0 saturated carbocycles. The lowest BCUT2D eigenvalue weighted by Gasteiger charge is -2.24. The molecule has 4 aromatic rings. The van der Waals surface area contributed by atoms with Gasteiger partial charge in [-0.3, -0.25) is 4.98 Å². The van der Waals surface area contributed by atoms with Crippen LogP contribution in [0.15, 0.2) is 66.9 Å². The highest BCUT2D eigenvalue weighted by molar-refractivity contribution is 6.34. The maximum absolute atomic E-state index is 9.68. The Morgan fingerprint density at radius 1 is 1.03 bits per heavy atom. The first-order chi connectivity index (χ1) is 17.1. The highest BCUT2D eigenvalue weighted by Crippen LogP contribution is 2.40. The molecule has 2 heterocycles. The summed E-state index contributed by atoms with van der Waals surface area (Å²) in [7, 11) is 0. The zero-order chi connectivity index (χ0) is 24.2. The fraction of sp³-hybridized carbons (Fsp3) is 0.300. The molecule has 4 nitrogen and oxygen atoms in total. The lowest BCUT2D eigenvalue weighted by molar-refractivity contribution is 0.271. The van der Waals surface area contributed by atoms with Crippen LogP contribution >= 0.6 is 11.6 Å². The van der Waals surface area contributed by atoms with Crippen LogP contribution in [0.4, 0.5) is 0 Å². The zero-order valence-electron chi connectivity index (χ0n) is 20.1. The van der Waals surface area contributed by atoms with Crippen molar-refractivity contribution < 1.29 is 9.84 Å². The Labute approximate surface area is 211 Å². The van der Waals surface area contributed by atoms with Gasteiger partial charge in [0.2, 0.25) is 0 Å². The number of aliphatic hydroxyl groups excluding tert-OH is 1. The van der Waals surface area contributed by atoms with E-state index in [1.807, 2.05) is 36.5 Å². The number of fused-ring (bicyclic) bond motifs is 1. The minimum atomic E-state index is -0.00843. The number of hydrogen-bond acceptors (Lipinski definition) is 4. The molecule has 0 aliphatic carbocycles. The number of aliphatic hydroxyl groups is 1. The van der Waals surface area contributed by atoms with Crippen molar-refractivity contribution in [1.29, 1.82) is 0 Å². The first-order valence-corrected chi connectivity index (χ1v) is 12.8. The Morgan fingerprint density at radius 3 is 2.63 bits per heavy atom. The van der Waals surface area contributed by atoms with Gasteiger partial charge in [0.05, 0.1) is 23.8 Å². The first-order valence-electron chi connectivity index (χ1n) is 12.4. The summed E-state index contributed by atoms with van der Waals surface area (Å²) in [5.41, 5.74) is 6.77. The molecule has 1 atom stereocenters. The zero-order valence-corrected chi connectivity index (χ0v) is 20.8. The maximum atomic E-state index is 9.68. The summed E-state index contributed by atoms with van der Waals surface area (Å²) in [6.07, 6.45) is 6.53. The van der Waals surface area contributed by atoms with Crippen LogP contribution in [-0.4, -0.2) is 29.3 Å². The molecule has 5 rings (SSSR count). The quantitative estimate of drug-likeness (QED) is 0.297. The van der Waals surface area contributed by atoms with Crippen molar-refractivity contribution >= 4 is 22.5 Å². The molecule has 3 aromatic carbocycles. The Bertz CT molecular complexity index is 1330. The highest BCUT2D eigenvalue weighted by Gasteiger charge is 2.18. The summed E-state index contributed by atoms with van der Waals surface area (Å²) in [6, 6.07) is 20.8. The van der Waals surface area contributed by atoms with Gasteiger partial charge in [0.15, 0.2) is 0 Å². The van der Waals surface area contributed by atoms with E-state index in [0.29, 0.717) is 17.7 Å². The van der Waals surface area contributed by atoms with Crippen LogP contribution in [0.1, 0.15) is 36.8 Å². The summed E-state index contributed by atoms with van der Waals surface area (Å²) in [5.74, 6) is 0.812. The number of nitrogens with zero attached hydrogens (tertiary/aromatic N) is 1. The molecule has 0 spiro atoms. The summed E-state index contributed by atoms with van der Waals surface area (Å²) in [6.45, 7) is 3.78. The lowest BCUT2D eigenvalue weighted by atomic mass is 9.98. The number of aryl methyl sites for hydroxylation is 1. The van der Waals surface area contributed by atoms with Crippen molar-refractivity contribution in [3.8, 4) is 28.0 Å². The SMILES string of the molecule is Cc1cccc(-c2cc3c(OCCC4CCCCN4)c(-c4cccc(CO)c4)cnc3cc2Cl)c1. The number of pyridine rings is 1. The van der Waals surface area contributed by atoms with Crippen LogP contribution in [0.25, 0.3) is 33.2 Å². The number of benzene rings is 3. The van der Waals surface area contributed by atoms with E-state index in [1.54, 1.807) is 0 Å². The molecule has 35 heavy (non-hydrogen) atoms. The number of hydrogen-bond donors (Lipinski definition) is 2. The summed E-state index contributed by atoms with van der Waals surface area (Å²) in [5, 5.41) is 14.9. The number of aromatic nitrogens is 1. The fourth-order valence-electron chi connectivity index (χ4n) is 4.90. The van der Waals surface area contributed by atoms with E-state index >= 15 is 0 Å². The minimum Gasteiger partial charge on any atom is -0.492 e. The number of rotatable bonds is 7. The molecular formula is C30H31ClN2O2. The van der Waals surface area contributed by atoms with Crippen LogP contribution in [0.3, 0.4) is 0 Å². The molecule has 2 N–H and O–H groups in total. The maximum Gasteiger partial charge on any atom is 0.138 e. The number of piperidine rings is 1. The van der Waals surface area contributed by atoms with Crippen LogP contribution in [0.2, 0.25) is 5.02 Å². The standard InChI is InChI=1S/C30H31ClN2O2/c1-20-6-4-8-22(14-20)25-16-26-29(17-28(25)31)33-18-27(23-9-5-7-21(15-23)19-34)30(26)35-13-11-24-10-2-3-12-32-24/h4-9,14-18,24,32,34H,2-3,10-13,19H2,1H3. The monoisotopic (exact) mass is 486 g/mol. The number of nitrogens with one attached hydrogen (secondary N) is 1. The third-order valence-electron chi connectivity index (χ3n) is 6.78. The van der Waals surface area contributed by atoms with Crippen LogP contribution in [-0.2, 0) is 6.61 Å². The highest BCUT2D eigenvalue weighted by atomic mass is 35.5. The predicted molar refractivity (Wildman–Crippen MR) is 144 cm³/mol. The number of ether oxygens (including phenoxy) is 1. The Morgan fingerprint density at radius 2 is 1.86 bits per heavy atom. The summed E-state index contributed by atoms with van der Waals surface area (Å²) < 4.78 is 6.55. The van der Waals surface area contributed by atoms with Gasteiger partial charge in [0, 0.05) is 28.8 Å². The summed E-state index contributed by atoms with van der Waals surface area (Å²) in [4.78, 5) is 4.75. The van der Waals surface area contributed by atoms with Gasteiger partial charge < -0.3 is 15.2 Å². The third-order valence-corrected chi connectivity index (χ3v) is 7.09. The molecule has 1 aliphatic heterocycles. The molecular weight excluding hydrogens is 456 g/mol. The van der Waals surface area contributed by atoms with E-state index < -0.39 is 0 Å². The molecule has 1 aliphatic rings. The van der Waals surface area contributed by atoms with E-state index in [9.17, 15) is 5.11 Å². The van der Waals surface area contributed by atoms with Gasteiger partial charge in [-0.2, -0.15) is 0 Å². The van der Waals surface area contributed by atoms with Gasteiger partial charge >= 0.3 is 0 Å². The largest absolute Gasteiger partial charge is 0.492 e. The second-order valence-corrected chi connectivity index (χ2v) is 9.77. The lowest BCUT2D eigenvalue weighted by Crippen LogP contribution is -2.35. The molecule has 1 unspecified atom stereocenters. The number of halogens is 1. The Hall–Kier alpha value is -2.92.